The molecule has 1 aliphatic heterocycles. The van der Waals surface area contributed by atoms with E-state index in [1.165, 1.54) is 0 Å². The Labute approximate surface area is 118 Å². The number of halogens is 12. The van der Waals surface area contributed by atoms with Gasteiger partial charge < -0.3 is 4.90 Å². The lowest BCUT2D eigenvalue weighted by Crippen LogP contribution is -2.75. The fraction of sp³-hybridized carbons (Fsp3) is 0.875. The van der Waals surface area contributed by atoms with Crippen LogP contribution in [0.5, 0.6) is 0 Å². The van der Waals surface area contributed by atoms with Gasteiger partial charge >= 0.3 is 24.7 Å². The summed E-state index contributed by atoms with van der Waals surface area (Å²) in [5.74, 6) is -2.98. The third kappa shape index (κ3) is 2.22. The molecule has 1 saturated heterocycles. The quantitative estimate of drug-likeness (QED) is 0.643. The Balaban J connectivity index is 3.84. The van der Waals surface area contributed by atoms with Gasteiger partial charge in [0, 0.05) is 7.05 Å². The number of nitrogens with one attached hydrogen (secondary N) is 2. The maximum absolute atomic E-state index is 12.8. The zero-order chi connectivity index (χ0) is 18.9. The lowest BCUT2D eigenvalue weighted by molar-refractivity contribution is -0.350. The maximum atomic E-state index is 12.8. The number of alkyl halides is 12. The minimum Gasteiger partial charge on any atom is -0.328 e. The van der Waals surface area contributed by atoms with Crippen LogP contribution in [-0.4, -0.2) is 53.7 Å². The number of nitrogens with zero attached hydrogens (tertiary/aromatic N) is 1. The Morgan fingerprint density at radius 3 is 1.17 bits per heavy atom. The molecule has 1 heterocycles. The SMILES string of the molecule is CN1C(=N)C(C(F)(F)F)(C(F)(F)F)NC1(C(F)(F)F)C(F)(F)F. The van der Waals surface area contributed by atoms with Gasteiger partial charge in [-0.3, -0.25) is 10.7 Å². The summed E-state index contributed by atoms with van der Waals surface area (Å²) in [7, 11) is -0.338. The van der Waals surface area contributed by atoms with Crippen LogP contribution >= 0.6 is 0 Å². The molecule has 0 aromatic heterocycles. The van der Waals surface area contributed by atoms with Crippen molar-refractivity contribution in [3.8, 4) is 0 Å². The van der Waals surface area contributed by atoms with E-state index in [1.807, 2.05) is 0 Å². The summed E-state index contributed by atoms with van der Waals surface area (Å²) in [6.07, 6.45) is -26.7. The van der Waals surface area contributed by atoms with Gasteiger partial charge in [0.15, 0.2) is 0 Å². The van der Waals surface area contributed by atoms with Crippen molar-refractivity contribution >= 4 is 5.84 Å². The lowest BCUT2D eigenvalue weighted by atomic mass is 9.97. The van der Waals surface area contributed by atoms with Crippen molar-refractivity contribution in [2.24, 2.45) is 0 Å². The molecule has 23 heavy (non-hydrogen) atoms. The second kappa shape index (κ2) is 4.57. The van der Waals surface area contributed by atoms with E-state index in [4.69, 9.17) is 5.41 Å². The van der Waals surface area contributed by atoms with Crippen molar-refractivity contribution in [2.75, 3.05) is 7.05 Å². The highest BCUT2D eigenvalue weighted by Crippen LogP contribution is 2.56. The minimum atomic E-state index is -6.70. The topological polar surface area (TPSA) is 39.1 Å². The van der Waals surface area contributed by atoms with E-state index >= 15 is 0 Å². The molecule has 15 heteroatoms. The molecule has 0 unspecified atom stereocenters. The van der Waals surface area contributed by atoms with Gasteiger partial charge in [-0.25, -0.2) is 0 Å². The molecule has 0 aromatic rings. The minimum absolute atomic E-state index is 0.338. The van der Waals surface area contributed by atoms with Crippen molar-refractivity contribution < 1.29 is 52.7 Å². The standard InChI is InChI=1S/C8H5F12N3/c1-23-2(21)3(5(9,10)11,6(12,13)14)22-4(23,7(15,16)17)8(18,19)20/h21-22H,1H3. The maximum Gasteiger partial charge on any atom is 0.434 e. The molecule has 1 aliphatic rings. The summed E-state index contributed by atoms with van der Waals surface area (Å²) >= 11 is 0. The Morgan fingerprint density at radius 1 is 0.739 bits per heavy atom. The van der Waals surface area contributed by atoms with E-state index in [1.54, 1.807) is 0 Å². The van der Waals surface area contributed by atoms with Crippen molar-refractivity contribution in [1.82, 2.24) is 10.2 Å². The third-order valence-electron chi connectivity index (χ3n) is 3.23. The monoisotopic (exact) mass is 371 g/mol. The van der Waals surface area contributed by atoms with Gasteiger partial charge in [0.1, 0.15) is 5.84 Å². The van der Waals surface area contributed by atoms with E-state index in [2.05, 4.69) is 0 Å². The molecule has 0 saturated carbocycles. The zero-order valence-electron chi connectivity index (χ0n) is 10.5. The van der Waals surface area contributed by atoms with E-state index in [0.29, 0.717) is 0 Å². The highest BCUT2D eigenvalue weighted by molar-refractivity contribution is 5.94. The highest BCUT2D eigenvalue weighted by atomic mass is 19.4. The molecule has 0 spiro atoms. The molecule has 0 bridgehead atoms. The molecule has 0 radical (unpaired) electrons. The molecule has 3 nitrogen and oxygen atoms in total. The summed E-state index contributed by atoms with van der Waals surface area (Å²) in [6.45, 7) is 0. The van der Waals surface area contributed by atoms with E-state index in [9.17, 15) is 52.7 Å². The van der Waals surface area contributed by atoms with E-state index < -0.39 is 52.0 Å². The fourth-order valence-corrected chi connectivity index (χ4v) is 2.09. The van der Waals surface area contributed by atoms with Gasteiger partial charge in [-0.2, -0.15) is 52.7 Å². The predicted molar refractivity (Wildman–Crippen MR) is 48.3 cm³/mol. The predicted octanol–water partition coefficient (Wildman–Crippen LogP) is 3.18. The van der Waals surface area contributed by atoms with Gasteiger partial charge in [-0.1, -0.05) is 0 Å². The van der Waals surface area contributed by atoms with Crippen molar-refractivity contribution in [3.63, 3.8) is 0 Å². The van der Waals surface area contributed by atoms with Crippen LogP contribution in [0.3, 0.4) is 0 Å². The second-order valence-corrected chi connectivity index (χ2v) is 4.48. The number of amidine groups is 1. The Kier molecular flexibility index (Phi) is 3.90. The van der Waals surface area contributed by atoms with Gasteiger partial charge in [-0.05, 0) is 0 Å². The molecular formula is C8H5F12N3. The highest BCUT2D eigenvalue weighted by Gasteiger charge is 2.89. The molecule has 136 valence electrons. The van der Waals surface area contributed by atoms with Gasteiger partial charge in [0.25, 0.3) is 11.2 Å². The second-order valence-electron chi connectivity index (χ2n) is 4.48. The van der Waals surface area contributed by atoms with Gasteiger partial charge in [-0.15, -0.1) is 0 Å². The van der Waals surface area contributed by atoms with Crippen LogP contribution in [0.25, 0.3) is 0 Å². The summed E-state index contributed by atoms with van der Waals surface area (Å²) < 4.78 is 153. The largest absolute Gasteiger partial charge is 0.434 e. The average Bonchev–Trinajstić information content (AvgIpc) is 2.47. The van der Waals surface area contributed by atoms with E-state index in [-0.39, 0.29) is 7.05 Å². The van der Waals surface area contributed by atoms with Crippen LogP contribution in [0.4, 0.5) is 52.7 Å². The summed E-state index contributed by atoms with van der Waals surface area (Å²) in [6, 6.07) is 0. The van der Waals surface area contributed by atoms with Crippen LogP contribution in [0.15, 0.2) is 0 Å². The molecule has 0 atom stereocenters. The number of rotatable bonds is 0. The normalized spacial score (nSPS) is 22.7. The number of hydrogen-bond acceptors (Lipinski definition) is 2. The molecule has 1 fully saturated rings. The Morgan fingerprint density at radius 2 is 1.04 bits per heavy atom. The van der Waals surface area contributed by atoms with Crippen LogP contribution < -0.4 is 5.32 Å². The Hall–Kier alpha value is -1.41. The first-order chi connectivity index (χ1) is 9.77. The van der Waals surface area contributed by atoms with Gasteiger partial charge in [0.05, 0.1) is 0 Å². The van der Waals surface area contributed by atoms with Crippen molar-refractivity contribution in [2.45, 2.75) is 35.9 Å². The van der Waals surface area contributed by atoms with E-state index in [0.717, 1.165) is 0 Å². The molecule has 2 N–H and O–H groups in total. The summed E-state index contributed by atoms with van der Waals surface area (Å²) in [4.78, 5) is -1.46. The van der Waals surface area contributed by atoms with Crippen molar-refractivity contribution in [1.29, 1.82) is 5.41 Å². The van der Waals surface area contributed by atoms with Gasteiger partial charge in [0.2, 0.25) is 0 Å². The van der Waals surface area contributed by atoms with Crippen LogP contribution in [0, 0.1) is 5.41 Å². The molecule has 0 amide bonds. The molecule has 0 aliphatic carbocycles. The number of likely N-dealkylation sites (N-methyl/N-ethyl adjacent to an activating group) is 1. The average molecular weight is 371 g/mol. The Bertz CT molecular complexity index is 466. The molecular weight excluding hydrogens is 366 g/mol. The first-order valence-electron chi connectivity index (χ1n) is 5.16. The summed E-state index contributed by atoms with van der Waals surface area (Å²) in [5.41, 5.74) is -11.6. The van der Waals surface area contributed by atoms with Crippen LogP contribution in [0.1, 0.15) is 0 Å². The third-order valence-corrected chi connectivity index (χ3v) is 3.23. The first-order valence-corrected chi connectivity index (χ1v) is 5.16. The zero-order valence-corrected chi connectivity index (χ0v) is 10.5. The molecule has 1 rings (SSSR count). The van der Waals surface area contributed by atoms with Crippen molar-refractivity contribution in [3.05, 3.63) is 0 Å². The summed E-state index contributed by atoms with van der Waals surface area (Å²) in [5, 5.41) is 6.29. The van der Waals surface area contributed by atoms with Crippen LogP contribution in [-0.2, 0) is 0 Å². The number of hydrogen-bond donors (Lipinski definition) is 2. The smallest absolute Gasteiger partial charge is 0.328 e. The van der Waals surface area contributed by atoms with Crippen LogP contribution in [0.2, 0.25) is 0 Å². The lowest BCUT2D eigenvalue weighted by Gasteiger charge is -2.39. The first kappa shape index (κ1) is 19.6. The molecule has 0 aromatic carbocycles. The fourth-order valence-electron chi connectivity index (χ4n) is 2.09.